The molecule has 0 aliphatic heterocycles. The number of rotatable bonds is 5. The van der Waals surface area contributed by atoms with E-state index in [1.807, 2.05) is 12.1 Å². The number of hydrogen-bond donors (Lipinski definition) is 0. The van der Waals surface area contributed by atoms with E-state index in [2.05, 4.69) is 93.6 Å². The van der Waals surface area contributed by atoms with E-state index < -0.39 is 0 Å². The van der Waals surface area contributed by atoms with Gasteiger partial charge in [0.2, 0.25) is 0 Å². The SMILES string of the molecule is CC(C)(C)Oc1ccc(C(C)(C)c2ccc(OCI)cc2)cc1. The molecule has 0 aromatic heterocycles. The highest BCUT2D eigenvalue weighted by Crippen LogP contribution is 2.33. The van der Waals surface area contributed by atoms with Gasteiger partial charge >= 0.3 is 0 Å². The summed E-state index contributed by atoms with van der Waals surface area (Å²) >= 11 is 2.20. The molecule has 0 aliphatic rings. The van der Waals surface area contributed by atoms with Gasteiger partial charge in [-0.15, -0.1) is 0 Å². The highest BCUT2D eigenvalue weighted by molar-refractivity contribution is 14.1. The predicted molar refractivity (Wildman–Crippen MR) is 105 cm³/mol. The largest absolute Gasteiger partial charge is 0.488 e. The fourth-order valence-corrected chi connectivity index (χ4v) is 2.85. The molecule has 0 saturated heterocycles. The second kappa shape index (κ2) is 7.12. The van der Waals surface area contributed by atoms with Crippen LogP contribution in [0.15, 0.2) is 48.5 Å². The van der Waals surface area contributed by atoms with Gasteiger partial charge in [0.05, 0.1) is 0 Å². The van der Waals surface area contributed by atoms with E-state index in [0.29, 0.717) is 4.61 Å². The molecule has 0 bridgehead atoms. The minimum absolute atomic E-state index is 0.0664. The monoisotopic (exact) mass is 424 g/mol. The van der Waals surface area contributed by atoms with Gasteiger partial charge in [-0.1, -0.05) is 38.1 Å². The summed E-state index contributed by atoms with van der Waals surface area (Å²) in [5.74, 6) is 1.82. The third-order valence-electron chi connectivity index (χ3n) is 3.80. The Morgan fingerprint density at radius 3 is 1.57 bits per heavy atom. The molecule has 0 radical (unpaired) electrons. The third-order valence-corrected chi connectivity index (χ3v) is 4.11. The third kappa shape index (κ3) is 4.87. The van der Waals surface area contributed by atoms with Gasteiger partial charge in [-0.05, 0) is 78.8 Å². The van der Waals surface area contributed by atoms with E-state index in [1.54, 1.807) is 0 Å². The van der Waals surface area contributed by atoms with Gasteiger partial charge in [0, 0.05) is 5.41 Å². The van der Waals surface area contributed by atoms with Crippen molar-refractivity contribution in [3.05, 3.63) is 59.7 Å². The summed E-state index contributed by atoms with van der Waals surface area (Å²) in [5.41, 5.74) is 2.29. The number of halogens is 1. The minimum Gasteiger partial charge on any atom is -0.488 e. The standard InChI is InChI=1S/C20H25IO2/c1-19(2,3)23-18-12-8-16(9-13-18)20(4,5)15-6-10-17(11-7-15)22-14-21/h6-13H,14H2,1-5H3. The van der Waals surface area contributed by atoms with Crippen molar-refractivity contribution >= 4 is 22.6 Å². The smallest absolute Gasteiger partial charge is 0.139 e. The summed E-state index contributed by atoms with van der Waals surface area (Å²) in [6.45, 7) is 10.7. The second-order valence-corrected chi connectivity index (χ2v) is 7.76. The van der Waals surface area contributed by atoms with Crippen LogP contribution in [-0.2, 0) is 5.41 Å². The fraction of sp³-hybridized carbons (Fsp3) is 0.400. The molecular formula is C20H25IO2. The lowest BCUT2D eigenvalue weighted by atomic mass is 9.78. The van der Waals surface area contributed by atoms with Crippen molar-refractivity contribution in [3.63, 3.8) is 0 Å². The molecule has 0 heterocycles. The van der Waals surface area contributed by atoms with Gasteiger partial charge in [0.1, 0.15) is 21.7 Å². The van der Waals surface area contributed by atoms with Crippen molar-refractivity contribution in [1.82, 2.24) is 0 Å². The Labute approximate surface area is 153 Å². The van der Waals surface area contributed by atoms with Gasteiger partial charge in [-0.2, -0.15) is 0 Å². The van der Waals surface area contributed by atoms with Gasteiger partial charge in [0.15, 0.2) is 0 Å². The van der Waals surface area contributed by atoms with Gasteiger partial charge in [0.25, 0.3) is 0 Å². The van der Waals surface area contributed by atoms with Crippen molar-refractivity contribution in [2.45, 2.75) is 45.6 Å². The van der Waals surface area contributed by atoms with Crippen LogP contribution in [-0.4, -0.2) is 10.2 Å². The van der Waals surface area contributed by atoms with E-state index in [9.17, 15) is 0 Å². The Morgan fingerprint density at radius 1 is 0.739 bits per heavy atom. The maximum absolute atomic E-state index is 5.90. The fourth-order valence-electron chi connectivity index (χ4n) is 2.49. The highest BCUT2D eigenvalue weighted by Gasteiger charge is 2.23. The number of ether oxygens (including phenoxy) is 2. The zero-order chi connectivity index (χ0) is 17.1. The Bertz CT molecular complexity index is 622. The van der Waals surface area contributed by atoms with Gasteiger partial charge in [-0.3, -0.25) is 0 Å². The molecule has 0 N–H and O–H groups in total. The molecule has 124 valence electrons. The van der Waals surface area contributed by atoms with Crippen LogP contribution in [0.25, 0.3) is 0 Å². The van der Waals surface area contributed by atoms with Crippen LogP contribution >= 0.6 is 22.6 Å². The zero-order valence-electron chi connectivity index (χ0n) is 14.5. The Morgan fingerprint density at radius 2 is 1.17 bits per heavy atom. The summed E-state index contributed by atoms with van der Waals surface area (Å²) in [6, 6.07) is 16.8. The molecule has 0 saturated carbocycles. The molecule has 2 nitrogen and oxygen atoms in total. The molecule has 2 aromatic rings. The first kappa shape index (κ1) is 18.1. The Hall–Kier alpha value is -1.23. The van der Waals surface area contributed by atoms with Crippen LogP contribution in [0.5, 0.6) is 11.5 Å². The second-order valence-electron chi connectivity index (χ2n) is 7.14. The van der Waals surface area contributed by atoms with E-state index >= 15 is 0 Å². The summed E-state index contributed by atoms with van der Waals surface area (Å²) < 4.78 is 12.1. The van der Waals surface area contributed by atoms with Crippen LogP contribution in [0.3, 0.4) is 0 Å². The molecule has 2 aromatic carbocycles. The summed E-state index contributed by atoms with van der Waals surface area (Å²) in [5, 5.41) is 0. The maximum atomic E-state index is 5.90. The molecule has 23 heavy (non-hydrogen) atoms. The van der Waals surface area contributed by atoms with E-state index in [4.69, 9.17) is 9.47 Å². The molecule has 0 fully saturated rings. The summed E-state index contributed by atoms with van der Waals surface area (Å²) in [7, 11) is 0. The Kier molecular flexibility index (Phi) is 5.61. The van der Waals surface area contributed by atoms with Crippen LogP contribution in [0.2, 0.25) is 0 Å². The molecule has 2 rings (SSSR count). The number of alkyl halides is 1. The molecule has 0 amide bonds. The summed E-state index contributed by atoms with van der Waals surface area (Å²) in [6.07, 6.45) is 0. The number of benzene rings is 2. The van der Waals surface area contributed by atoms with Crippen LogP contribution in [0, 0.1) is 0 Å². The first-order chi connectivity index (χ1) is 10.7. The first-order valence-corrected chi connectivity index (χ1v) is 9.34. The molecular weight excluding hydrogens is 399 g/mol. The van der Waals surface area contributed by atoms with Crippen molar-refractivity contribution in [2.75, 3.05) is 4.61 Å². The van der Waals surface area contributed by atoms with E-state index in [1.165, 1.54) is 11.1 Å². The van der Waals surface area contributed by atoms with Crippen LogP contribution in [0.4, 0.5) is 0 Å². The lowest BCUT2D eigenvalue weighted by molar-refractivity contribution is 0.131. The average molecular weight is 424 g/mol. The molecule has 0 atom stereocenters. The lowest BCUT2D eigenvalue weighted by Gasteiger charge is -2.27. The highest BCUT2D eigenvalue weighted by atomic mass is 127. The molecule has 0 spiro atoms. The predicted octanol–water partition coefficient (Wildman–Crippen LogP) is 5.96. The van der Waals surface area contributed by atoms with Gasteiger partial charge in [-0.25, -0.2) is 0 Å². The molecule has 3 heteroatoms. The van der Waals surface area contributed by atoms with E-state index in [-0.39, 0.29) is 11.0 Å². The quantitative estimate of drug-likeness (QED) is 0.436. The van der Waals surface area contributed by atoms with Crippen molar-refractivity contribution < 1.29 is 9.47 Å². The van der Waals surface area contributed by atoms with Crippen LogP contribution in [0.1, 0.15) is 45.7 Å². The topological polar surface area (TPSA) is 18.5 Å². The minimum atomic E-state index is -0.175. The molecule has 0 unspecified atom stereocenters. The van der Waals surface area contributed by atoms with E-state index in [0.717, 1.165) is 11.5 Å². The number of hydrogen-bond acceptors (Lipinski definition) is 2. The lowest BCUT2D eigenvalue weighted by Crippen LogP contribution is -2.23. The molecule has 0 aliphatic carbocycles. The van der Waals surface area contributed by atoms with Gasteiger partial charge < -0.3 is 9.47 Å². The van der Waals surface area contributed by atoms with Crippen molar-refractivity contribution in [2.24, 2.45) is 0 Å². The normalized spacial score (nSPS) is 12.1. The summed E-state index contributed by atoms with van der Waals surface area (Å²) in [4.78, 5) is 0. The van der Waals surface area contributed by atoms with Crippen molar-refractivity contribution in [1.29, 1.82) is 0 Å². The average Bonchev–Trinajstić information content (AvgIpc) is 2.47. The maximum Gasteiger partial charge on any atom is 0.139 e. The van der Waals surface area contributed by atoms with Crippen molar-refractivity contribution in [3.8, 4) is 11.5 Å². The first-order valence-electron chi connectivity index (χ1n) is 7.81. The Balaban J connectivity index is 2.21. The zero-order valence-corrected chi connectivity index (χ0v) is 16.7. The van der Waals surface area contributed by atoms with Crippen LogP contribution < -0.4 is 9.47 Å².